The van der Waals surface area contributed by atoms with Crippen LogP contribution in [0, 0.1) is 0 Å². The van der Waals surface area contributed by atoms with Crippen LogP contribution in [0.5, 0.6) is 5.88 Å². The fraction of sp³-hybridized carbons (Fsp3) is 0.600. The van der Waals surface area contributed by atoms with E-state index in [0.717, 1.165) is 6.54 Å². The van der Waals surface area contributed by atoms with E-state index in [2.05, 4.69) is 4.98 Å². The first-order chi connectivity index (χ1) is 9.73. The van der Waals surface area contributed by atoms with E-state index in [1.807, 2.05) is 45.7 Å². The average molecular weight is 292 g/mol. The molecular formula is C15H24N4O2. The summed E-state index contributed by atoms with van der Waals surface area (Å²) in [6.07, 6.45) is -0.00261. The molecule has 6 heteroatoms. The number of amides is 1. The van der Waals surface area contributed by atoms with Gasteiger partial charge < -0.3 is 20.3 Å². The predicted molar refractivity (Wildman–Crippen MR) is 83.5 cm³/mol. The van der Waals surface area contributed by atoms with Gasteiger partial charge in [0, 0.05) is 20.1 Å². The summed E-state index contributed by atoms with van der Waals surface area (Å²) in [6, 6.07) is 3.61. The van der Waals surface area contributed by atoms with Crippen molar-refractivity contribution < 1.29 is 9.53 Å². The number of carbonyl (C=O) groups is 1. The highest BCUT2D eigenvalue weighted by molar-refractivity contribution is 5.90. The van der Waals surface area contributed by atoms with Crippen LogP contribution >= 0.6 is 0 Å². The Kier molecular flexibility index (Phi) is 3.98. The molecule has 1 aromatic heterocycles. The summed E-state index contributed by atoms with van der Waals surface area (Å²) in [6.45, 7) is 9.08. The quantitative estimate of drug-likeness (QED) is 0.914. The smallest absolute Gasteiger partial charge is 0.247 e. The minimum Gasteiger partial charge on any atom is -0.473 e. The molecule has 0 atom stereocenters. The van der Waals surface area contributed by atoms with Crippen LogP contribution < -0.4 is 15.4 Å². The predicted octanol–water partition coefficient (Wildman–Crippen LogP) is 1.51. The van der Waals surface area contributed by atoms with Crippen LogP contribution in [0.15, 0.2) is 12.1 Å². The number of ether oxygens (including phenoxy) is 1. The van der Waals surface area contributed by atoms with Gasteiger partial charge in [0.1, 0.15) is 11.4 Å². The summed E-state index contributed by atoms with van der Waals surface area (Å²) in [7, 11) is 1.82. The van der Waals surface area contributed by atoms with E-state index in [0.29, 0.717) is 23.9 Å². The first-order valence-electron chi connectivity index (χ1n) is 7.20. The first kappa shape index (κ1) is 15.4. The number of anilines is 2. The van der Waals surface area contributed by atoms with Crippen molar-refractivity contribution in [2.75, 3.05) is 30.8 Å². The number of nitrogens with zero attached hydrogens (tertiary/aromatic N) is 3. The molecule has 0 spiro atoms. The summed E-state index contributed by atoms with van der Waals surface area (Å²) in [5, 5.41) is 0. The van der Waals surface area contributed by atoms with Gasteiger partial charge in [-0.3, -0.25) is 4.79 Å². The molecule has 1 amide bonds. The summed E-state index contributed by atoms with van der Waals surface area (Å²) in [4.78, 5) is 20.6. The van der Waals surface area contributed by atoms with Crippen LogP contribution in [-0.2, 0) is 4.79 Å². The molecule has 0 aromatic carbocycles. The van der Waals surface area contributed by atoms with Crippen molar-refractivity contribution in [3.05, 3.63) is 12.1 Å². The zero-order valence-electron chi connectivity index (χ0n) is 13.4. The number of nitrogen functional groups attached to an aromatic ring is 1. The highest BCUT2D eigenvalue weighted by Gasteiger charge is 2.41. The molecule has 2 rings (SSSR count). The molecule has 1 aliphatic rings. The van der Waals surface area contributed by atoms with Gasteiger partial charge in [0.25, 0.3) is 0 Å². The Morgan fingerprint density at radius 2 is 2.00 bits per heavy atom. The Hall–Kier alpha value is -1.98. The van der Waals surface area contributed by atoms with Gasteiger partial charge in [-0.25, -0.2) is 0 Å². The van der Waals surface area contributed by atoms with Gasteiger partial charge in [-0.15, -0.1) is 0 Å². The Morgan fingerprint density at radius 3 is 2.62 bits per heavy atom. The third-order valence-electron chi connectivity index (χ3n) is 3.70. The van der Waals surface area contributed by atoms with Crippen LogP contribution in [0.2, 0.25) is 0 Å². The van der Waals surface area contributed by atoms with E-state index in [9.17, 15) is 4.79 Å². The van der Waals surface area contributed by atoms with Gasteiger partial charge in [0.15, 0.2) is 0 Å². The van der Waals surface area contributed by atoms with Crippen LogP contribution in [0.4, 0.5) is 11.5 Å². The van der Waals surface area contributed by atoms with Crippen molar-refractivity contribution in [3.63, 3.8) is 0 Å². The summed E-state index contributed by atoms with van der Waals surface area (Å²) < 4.78 is 5.63. The van der Waals surface area contributed by atoms with Crippen LogP contribution in [0.1, 0.15) is 27.7 Å². The SMILES string of the molecule is CC(C)Oc1nc(N2CCN(C)C(=O)C2(C)C)ccc1N. The molecule has 0 saturated carbocycles. The number of pyridine rings is 1. The summed E-state index contributed by atoms with van der Waals surface area (Å²) in [5.74, 6) is 1.22. The molecule has 1 aromatic rings. The Morgan fingerprint density at radius 1 is 1.33 bits per heavy atom. The molecule has 1 aliphatic heterocycles. The molecule has 0 unspecified atom stereocenters. The van der Waals surface area contributed by atoms with Gasteiger partial charge in [-0.2, -0.15) is 4.98 Å². The van der Waals surface area contributed by atoms with Crippen molar-refractivity contribution in [2.45, 2.75) is 39.3 Å². The fourth-order valence-corrected chi connectivity index (χ4v) is 2.52. The molecule has 0 aliphatic carbocycles. The molecule has 116 valence electrons. The zero-order chi connectivity index (χ0) is 15.8. The highest BCUT2D eigenvalue weighted by atomic mass is 16.5. The lowest BCUT2D eigenvalue weighted by Gasteiger charge is -2.45. The fourth-order valence-electron chi connectivity index (χ4n) is 2.52. The number of rotatable bonds is 3. The van der Waals surface area contributed by atoms with Crippen LogP contribution in [0.25, 0.3) is 0 Å². The molecule has 1 fully saturated rings. The highest BCUT2D eigenvalue weighted by Crippen LogP contribution is 2.30. The Balaban J connectivity index is 2.35. The number of likely N-dealkylation sites (N-methyl/N-ethyl adjacent to an activating group) is 1. The van der Waals surface area contributed by atoms with E-state index in [4.69, 9.17) is 10.5 Å². The van der Waals surface area contributed by atoms with Gasteiger partial charge in [0.2, 0.25) is 11.8 Å². The van der Waals surface area contributed by atoms with Gasteiger partial charge in [-0.1, -0.05) is 0 Å². The molecule has 21 heavy (non-hydrogen) atoms. The Labute approximate surface area is 125 Å². The zero-order valence-corrected chi connectivity index (χ0v) is 13.4. The van der Waals surface area contributed by atoms with Crippen molar-refractivity contribution in [1.29, 1.82) is 0 Å². The molecule has 2 N–H and O–H groups in total. The monoisotopic (exact) mass is 292 g/mol. The molecule has 2 heterocycles. The number of piperazine rings is 1. The molecular weight excluding hydrogens is 268 g/mol. The van der Waals surface area contributed by atoms with Crippen molar-refractivity contribution in [1.82, 2.24) is 9.88 Å². The minimum absolute atomic E-state index is 0.00261. The normalized spacial score (nSPS) is 18.3. The lowest BCUT2D eigenvalue weighted by atomic mass is 9.98. The third-order valence-corrected chi connectivity index (χ3v) is 3.70. The maximum absolute atomic E-state index is 12.4. The number of nitrogens with two attached hydrogens (primary N) is 1. The largest absolute Gasteiger partial charge is 0.473 e. The number of hydrogen-bond acceptors (Lipinski definition) is 5. The van der Waals surface area contributed by atoms with E-state index in [1.54, 1.807) is 11.0 Å². The number of aromatic nitrogens is 1. The van der Waals surface area contributed by atoms with Crippen molar-refractivity contribution in [3.8, 4) is 5.88 Å². The van der Waals surface area contributed by atoms with Crippen molar-refractivity contribution in [2.24, 2.45) is 0 Å². The third kappa shape index (κ3) is 2.89. The molecule has 1 saturated heterocycles. The van der Waals surface area contributed by atoms with E-state index >= 15 is 0 Å². The molecule has 6 nitrogen and oxygen atoms in total. The number of carbonyl (C=O) groups excluding carboxylic acids is 1. The van der Waals surface area contributed by atoms with Crippen LogP contribution in [-0.4, -0.2) is 47.6 Å². The maximum Gasteiger partial charge on any atom is 0.247 e. The first-order valence-corrected chi connectivity index (χ1v) is 7.20. The maximum atomic E-state index is 12.4. The van der Waals surface area contributed by atoms with Gasteiger partial charge in [-0.05, 0) is 39.8 Å². The lowest BCUT2D eigenvalue weighted by molar-refractivity contribution is -0.136. The van der Waals surface area contributed by atoms with Gasteiger partial charge >= 0.3 is 0 Å². The Bertz CT molecular complexity index is 542. The van der Waals surface area contributed by atoms with Crippen molar-refractivity contribution >= 4 is 17.4 Å². The number of hydrogen-bond donors (Lipinski definition) is 1. The average Bonchev–Trinajstić information content (AvgIpc) is 2.39. The topological polar surface area (TPSA) is 71.7 Å². The second kappa shape index (κ2) is 5.42. The van der Waals surface area contributed by atoms with E-state index in [-0.39, 0.29) is 12.0 Å². The lowest BCUT2D eigenvalue weighted by Crippen LogP contribution is -2.62. The minimum atomic E-state index is -0.634. The second-order valence-electron chi connectivity index (χ2n) is 6.17. The molecule has 0 radical (unpaired) electrons. The van der Waals surface area contributed by atoms with E-state index < -0.39 is 5.54 Å². The standard InChI is InChI=1S/C15H24N4O2/c1-10(2)21-13-11(16)6-7-12(17-13)19-9-8-18(5)14(20)15(19,3)4/h6-7,10H,8-9,16H2,1-5H3. The second-order valence-corrected chi connectivity index (χ2v) is 6.17. The summed E-state index contributed by atoms with van der Waals surface area (Å²) in [5.41, 5.74) is 5.77. The van der Waals surface area contributed by atoms with Crippen LogP contribution in [0.3, 0.4) is 0 Å². The molecule has 0 bridgehead atoms. The van der Waals surface area contributed by atoms with Gasteiger partial charge in [0.05, 0.1) is 11.8 Å². The summed E-state index contributed by atoms with van der Waals surface area (Å²) >= 11 is 0. The van der Waals surface area contributed by atoms with E-state index in [1.165, 1.54) is 0 Å².